The van der Waals surface area contributed by atoms with Gasteiger partial charge in [-0.25, -0.2) is 4.39 Å². The lowest BCUT2D eigenvalue weighted by molar-refractivity contribution is 0.374. The minimum atomic E-state index is -0.172. The summed E-state index contributed by atoms with van der Waals surface area (Å²) in [4.78, 5) is 0. The van der Waals surface area contributed by atoms with E-state index in [9.17, 15) is 4.39 Å². The average Bonchev–Trinajstić information content (AvgIpc) is 2.37. The van der Waals surface area contributed by atoms with E-state index in [4.69, 9.17) is 0 Å². The van der Waals surface area contributed by atoms with Gasteiger partial charge in [-0.2, -0.15) is 0 Å². The van der Waals surface area contributed by atoms with Crippen molar-refractivity contribution < 1.29 is 4.39 Å². The van der Waals surface area contributed by atoms with Gasteiger partial charge in [0.25, 0.3) is 0 Å². The summed E-state index contributed by atoms with van der Waals surface area (Å²) in [6, 6.07) is 14.0. The van der Waals surface area contributed by atoms with Crippen molar-refractivity contribution in [1.29, 1.82) is 0 Å². The quantitative estimate of drug-likeness (QED) is 0.808. The molecule has 104 valence electrons. The standard InChI is InChI=1S/C17H17BrFN/c1-11-8-15(19)6-7-17(11)20-16-9-13(10-16)12-2-4-14(18)5-3-12/h2-8,13,16,20H,9-10H2,1H3. The van der Waals surface area contributed by atoms with Crippen LogP contribution in [0.3, 0.4) is 0 Å². The number of hydrogen-bond donors (Lipinski definition) is 1. The fourth-order valence-electron chi connectivity index (χ4n) is 2.75. The lowest BCUT2D eigenvalue weighted by Crippen LogP contribution is -2.34. The maximum atomic E-state index is 13.1. The van der Waals surface area contributed by atoms with Crippen molar-refractivity contribution in [1.82, 2.24) is 0 Å². The molecule has 0 heterocycles. The molecule has 20 heavy (non-hydrogen) atoms. The van der Waals surface area contributed by atoms with Gasteiger partial charge in [0.1, 0.15) is 5.82 Å². The summed E-state index contributed by atoms with van der Waals surface area (Å²) in [5.41, 5.74) is 3.42. The first-order chi connectivity index (χ1) is 9.61. The van der Waals surface area contributed by atoms with Gasteiger partial charge >= 0.3 is 0 Å². The van der Waals surface area contributed by atoms with Crippen LogP contribution in [0.15, 0.2) is 46.9 Å². The van der Waals surface area contributed by atoms with Crippen LogP contribution in [0.5, 0.6) is 0 Å². The zero-order valence-corrected chi connectivity index (χ0v) is 13.0. The van der Waals surface area contributed by atoms with E-state index in [0.717, 1.165) is 28.6 Å². The number of aryl methyl sites for hydroxylation is 1. The summed E-state index contributed by atoms with van der Waals surface area (Å²) in [7, 11) is 0. The highest BCUT2D eigenvalue weighted by Gasteiger charge is 2.30. The molecule has 0 atom stereocenters. The Hall–Kier alpha value is -1.35. The van der Waals surface area contributed by atoms with Gasteiger partial charge in [-0.1, -0.05) is 28.1 Å². The fourth-order valence-corrected chi connectivity index (χ4v) is 3.02. The van der Waals surface area contributed by atoms with Crippen molar-refractivity contribution in [2.75, 3.05) is 5.32 Å². The number of hydrogen-bond acceptors (Lipinski definition) is 1. The van der Waals surface area contributed by atoms with E-state index in [1.165, 1.54) is 11.6 Å². The third kappa shape index (κ3) is 2.88. The molecule has 2 aromatic rings. The maximum absolute atomic E-state index is 13.1. The Morgan fingerprint density at radius 1 is 1.10 bits per heavy atom. The number of nitrogens with one attached hydrogen (secondary N) is 1. The number of halogens is 2. The minimum Gasteiger partial charge on any atom is -0.382 e. The van der Waals surface area contributed by atoms with E-state index >= 15 is 0 Å². The van der Waals surface area contributed by atoms with Crippen LogP contribution in [-0.2, 0) is 0 Å². The van der Waals surface area contributed by atoms with Crippen molar-refractivity contribution >= 4 is 21.6 Å². The van der Waals surface area contributed by atoms with Crippen LogP contribution >= 0.6 is 15.9 Å². The number of benzene rings is 2. The smallest absolute Gasteiger partial charge is 0.123 e. The van der Waals surface area contributed by atoms with E-state index in [0.29, 0.717) is 12.0 Å². The van der Waals surface area contributed by atoms with Crippen LogP contribution < -0.4 is 5.32 Å². The van der Waals surface area contributed by atoms with Crippen LogP contribution in [0.2, 0.25) is 0 Å². The van der Waals surface area contributed by atoms with E-state index in [1.54, 1.807) is 6.07 Å². The van der Waals surface area contributed by atoms with E-state index in [1.807, 2.05) is 13.0 Å². The molecule has 0 unspecified atom stereocenters. The molecule has 1 fully saturated rings. The molecule has 3 heteroatoms. The molecular formula is C17H17BrFN. The van der Waals surface area contributed by atoms with Crippen molar-refractivity contribution in [3.8, 4) is 0 Å². The molecule has 0 aliphatic heterocycles. The minimum absolute atomic E-state index is 0.172. The zero-order chi connectivity index (χ0) is 14.1. The first-order valence-electron chi connectivity index (χ1n) is 6.90. The molecule has 0 radical (unpaired) electrons. The molecule has 1 aliphatic carbocycles. The van der Waals surface area contributed by atoms with Gasteiger partial charge < -0.3 is 5.32 Å². The highest BCUT2D eigenvalue weighted by atomic mass is 79.9. The van der Waals surface area contributed by atoms with Gasteiger partial charge in [0.15, 0.2) is 0 Å². The topological polar surface area (TPSA) is 12.0 Å². The molecule has 0 spiro atoms. The lowest BCUT2D eigenvalue weighted by atomic mass is 9.76. The molecule has 0 saturated heterocycles. The highest BCUT2D eigenvalue weighted by molar-refractivity contribution is 9.10. The second-order valence-electron chi connectivity index (χ2n) is 5.52. The van der Waals surface area contributed by atoms with Crippen molar-refractivity contribution in [2.24, 2.45) is 0 Å². The molecule has 1 saturated carbocycles. The monoisotopic (exact) mass is 333 g/mol. The second kappa shape index (κ2) is 5.57. The van der Waals surface area contributed by atoms with Crippen LogP contribution in [-0.4, -0.2) is 6.04 Å². The van der Waals surface area contributed by atoms with Gasteiger partial charge in [0.2, 0.25) is 0 Å². The van der Waals surface area contributed by atoms with E-state index in [2.05, 4.69) is 45.5 Å². The summed E-state index contributed by atoms with van der Waals surface area (Å²) < 4.78 is 14.2. The second-order valence-corrected chi connectivity index (χ2v) is 6.44. The fraction of sp³-hybridized carbons (Fsp3) is 0.294. The van der Waals surface area contributed by atoms with Gasteiger partial charge in [0, 0.05) is 16.2 Å². The van der Waals surface area contributed by atoms with Gasteiger partial charge in [0.05, 0.1) is 0 Å². The van der Waals surface area contributed by atoms with Crippen LogP contribution in [0.25, 0.3) is 0 Å². The summed E-state index contributed by atoms with van der Waals surface area (Å²) in [6.07, 6.45) is 2.27. The molecule has 0 aromatic heterocycles. The average molecular weight is 334 g/mol. The highest BCUT2D eigenvalue weighted by Crippen LogP contribution is 2.39. The molecule has 3 rings (SSSR count). The number of anilines is 1. The Bertz CT molecular complexity index is 603. The first kappa shape index (κ1) is 13.6. The maximum Gasteiger partial charge on any atom is 0.123 e. The molecule has 1 nitrogen and oxygen atoms in total. The third-order valence-electron chi connectivity index (χ3n) is 4.03. The summed E-state index contributed by atoms with van der Waals surface area (Å²) >= 11 is 3.46. The van der Waals surface area contributed by atoms with Crippen molar-refractivity contribution in [3.05, 3.63) is 63.9 Å². The molecule has 2 aromatic carbocycles. The van der Waals surface area contributed by atoms with Crippen LogP contribution in [0, 0.1) is 12.7 Å². The molecule has 0 bridgehead atoms. The lowest BCUT2D eigenvalue weighted by Gasteiger charge is -2.37. The van der Waals surface area contributed by atoms with Crippen LogP contribution in [0.4, 0.5) is 10.1 Å². The van der Waals surface area contributed by atoms with Crippen molar-refractivity contribution in [3.63, 3.8) is 0 Å². The van der Waals surface area contributed by atoms with E-state index in [-0.39, 0.29) is 5.82 Å². The summed E-state index contributed by atoms with van der Waals surface area (Å²) in [5, 5.41) is 3.51. The Kier molecular flexibility index (Phi) is 3.79. The molecule has 1 N–H and O–H groups in total. The molecule has 1 aliphatic rings. The predicted molar refractivity (Wildman–Crippen MR) is 84.7 cm³/mol. The Balaban J connectivity index is 1.59. The van der Waals surface area contributed by atoms with Crippen LogP contribution in [0.1, 0.15) is 29.9 Å². The SMILES string of the molecule is Cc1cc(F)ccc1NC1CC(c2ccc(Br)cc2)C1. The predicted octanol–water partition coefficient (Wildman–Crippen LogP) is 5.25. The summed E-state index contributed by atoms with van der Waals surface area (Å²) in [5.74, 6) is 0.468. The Labute approximate surface area is 127 Å². The van der Waals surface area contributed by atoms with Crippen molar-refractivity contribution in [2.45, 2.75) is 31.7 Å². The summed E-state index contributed by atoms with van der Waals surface area (Å²) in [6.45, 7) is 1.94. The largest absolute Gasteiger partial charge is 0.382 e. The first-order valence-corrected chi connectivity index (χ1v) is 7.69. The number of rotatable bonds is 3. The Morgan fingerprint density at radius 2 is 1.80 bits per heavy atom. The van der Waals surface area contributed by atoms with Gasteiger partial charge in [-0.3, -0.25) is 0 Å². The molecular weight excluding hydrogens is 317 g/mol. The third-order valence-corrected chi connectivity index (χ3v) is 4.56. The van der Waals surface area contributed by atoms with Gasteiger partial charge in [-0.15, -0.1) is 0 Å². The normalized spacial score (nSPS) is 21.4. The zero-order valence-electron chi connectivity index (χ0n) is 11.4. The van der Waals surface area contributed by atoms with Gasteiger partial charge in [-0.05, 0) is 67.1 Å². The molecule has 0 amide bonds. The Morgan fingerprint density at radius 3 is 2.45 bits per heavy atom. The van der Waals surface area contributed by atoms with E-state index < -0.39 is 0 Å².